The minimum atomic E-state index is -2.78. The summed E-state index contributed by atoms with van der Waals surface area (Å²) >= 11 is -2.78. The number of nitrogens with zero attached hydrogens (tertiary/aromatic N) is 1. The topological polar surface area (TPSA) is 23.8 Å². The molecule has 29 heavy (non-hydrogen) atoms. The van der Waals surface area contributed by atoms with Gasteiger partial charge in [0.2, 0.25) is 0 Å². The van der Waals surface area contributed by atoms with Crippen molar-refractivity contribution < 1.29 is 0 Å². The van der Waals surface area contributed by atoms with E-state index < -0.39 is 18.4 Å². The second kappa shape index (κ2) is 9.69. The molecule has 0 saturated heterocycles. The number of hydrogen-bond donors (Lipinski definition) is 0. The zero-order chi connectivity index (χ0) is 21.0. The van der Waals surface area contributed by atoms with Crippen LogP contribution in [0.1, 0.15) is 61.0 Å². The molecule has 0 amide bonds. The Labute approximate surface area is 182 Å². The fourth-order valence-electron chi connectivity index (χ4n) is 6.00. The molecule has 1 fully saturated rings. The van der Waals surface area contributed by atoms with Crippen molar-refractivity contribution in [2.75, 3.05) is 0 Å². The van der Waals surface area contributed by atoms with Crippen LogP contribution in [0.3, 0.4) is 0 Å². The predicted molar refractivity (Wildman–Crippen MR) is 127 cm³/mol. The molecule has 1 nitrogen and oxygen atoms in total. The zero-order valence-corrected chi connectivity index (χ0v) is 21.7. The maximum atomic E-state index is 10.4. The SMILES string of the molecule is CC(C)[C@@H]1CC[C@@H](C)C[C@H]1[Sn]([CH3])([CH3])[C@@H](c1ccccc1)[C@@H](C#N)c1ccccc1. The van der Waals surface area contributed by atoms with Crippen LogP contribution in [0.15, 0.2) is 60.7 Å². The zero-order valence-electron chi connectivity index (χ0n) is 18.8. The van der Waals surface area contributed by atoms with E-state index in [2.05, 4.69) is 97.4 Å². The van der Waals surface area contributed by atoms with E-state index in [-0.39, 0.29) is 5.92 Å². The maximum absolute atomic E-state index is 10.4. The monoisotopic (exact) mass is 495 g/mol. The van der Waals surface area contributed by atoms with Crippen LogP contribution < -0.4 is 0 Å². The normalized spacial score (nSPS) is 24.7. The molecule has 3 rings (SSSR count). The second-order valence-electron chi connectivity index (χ2n) is 10.2. The Morgan fingerprint density at radius 2 is 1.45 bits per heavy atom. The Morgan fingerprint density at radius 3 is 1.97 bits per heavy atom. The summed E-state index contributed by atoms with van der Waals surface area (Å²) in [6.07, 6.45) is 4.10. The van der Waals surface area contributed by atoms with E-state index in [0.29, 0.717) is 3.93 Å². The third-order valence-electron chi connectivity index (χ3n) is 7.57. The Hall–Kier alpha value is -1.27. The fraction of sp³-hybridized carbons (Fsp3) is 0.519. The fourth-order valence-corrected chi connectivity index (χ4v) is 21.1. The number of nitriles is 1. The molecule has 1 saturated carbocycles. The first-order valence-electron chi connectivity index (χ1n) is 11.4. The summed E-state index contributed by atoms with van der Waals surface area (Å²) in [6.45, 7) is 7.29. The van der Waals surface area contributed by atoms with Crippen LogP contribution in [-0.4, -0.2) is 18.4 Å². The van der Waals surface area contributed by atoms with Gasteiger partial charge in [-0.05, 0) is 0 Å². The Bertz CT molecular complexity index is 805. The first kappa shape index (κ1) is 22.4. The van der Waals surface area contributed by atoms with E-state index in [0.717, 1.165) is 21.7 Å². The molecule has 0 aliphatic heterocycles. The molecule has 0 spiro atoms. The van der Waals surface area contributed by atoms with Gasteiger partial charge in [-0.3, -0.25) is 0 Å². The van der Waals surface area contributed by atoms with Gasteiger partial charge in [-0.1, -0.05) is 0 Å². The van der Waals surface area contributed by atoms with Gasteiger partial charge in [0, 0.05) is 0 Å². The molecule has 0 aromatic heterocycles. The van der Waals surface area contributed by atoms with Gasteiger partial charge in [0.25, 0.3) is 0 Å². The van der Waals surface area contributed by atoms with Crippen LogP contribution in [0.2, 0.25) is 13.8 Å². The van der Waals surface area contributed by atoms with E-state index in [1.165, 1.54) is 30.4 Å². The summed E-state index contributed by atoms with van der Waals surface area (Å²) in [5.41, 5.74) is 2.59. The average molecular weight is 494 g/mol. The third-order valence-corrected chi connectivity index (χ3v) is 21.4. The van der Waals surface area contributed by atoms with Crippen LogP contribution in [-0.2, 0) is 0 Å². The van der Waals surface area contributed by atoms with Gasteiger partial charge < -0.3 is 0 Å². The van der Waals surface area contributed by atoms with Gasteiger partial charge in [-0.15, -0.1) is 0 Å². The summed E-state index contributed by atoms with van der Waals surface area (Å²) < 4.78 is 1.22. The molecule has 0 heterocycles. The number of rotatable bonds is 6. The number of hydrogen-bond acceptors (Lipinski definition) is 1. The first-order chi connectivity index (χ1) is 13.9. The quantitative estimate of drug-likeness (QED) is 0.376. The third kappa shape index (κ3) is 4.90. The summed E-state index contributed by atoms with van der Waals surface area (Å²) in [6, 6.07) is 24.3. The Morgan fingerprint density at radius 1 is 0.897 bits per heavy atom. The molecule has 1 aliphatic carbocycles. The summed E-state index contributed by atoms with van der Waals surface area (Å²) in [5.74, 6) is 2.32. The van der Waals surface area contributed by atoms with Gasteiger partial charge >= 0.3 is 183 Å². The van der Waals surface area contributed by atoms with Crippen molar-refractivity contribution in [3.05, 3.63) is 71.8 Å². The predicted octanol–water partition coefficient (Wildman–Crippen LogP) is 7.79. The molecule has 154 valence electrons. The van der Waals surface area contributed by atoms with Gasteiger partial charge in [-0.2, -0.15) is 0 Å². The summed E-state index contributed by atoms with van der Waals surface area (Å²) in [7, 11) is 0. The van der Waals surface area contributed by atoms with Gasteiger partial charge in [0.15, 0.2) is 0 Å². The second-order valence-corrected chi connectivity index (χ2v) is 24.4. The molecule has 1 aliphatic rings. The van der Waals surface area contributed by atoms with Crippen molar-refractivity contribution in [2.45, 2.75) is 63.7 Å². The van der Waals surface area contributed by atoms with Crippen molar-refractivity contribution in [3.8, 4) is 6.07 Å². The van der Waals surface area contributed by atoms with Gasteiger partial charge in [0.05, 0.1) is 0 Å². The summed E-state index contributed by atoms with van der Waals surface area (Å²) in [4.78, 5) is 5.30. The van der Waals surface area contributed by atoms with E-state index in [9.17, 15) is 5.26 Å². The Kier molecular flexibility index (Phi) is 7.49. The molecule has 0 N–H and O–H groups in total. The van der Waals surface area contributed by atoms with Crippen LogP contribution >= 0.6 is 0 Å². The molecule has 0 unspecified atom stereocenters. The van der Waals surface area contributed by atoms with E-state index >= 15 is 0 Å². The van der Waals surface area contributed by atoms with Crippen LogP contribution in [0.4, 0.5) is 0 Å². The average Bonchev–Trinajstić information content (AvgIpc) is 2.72. The van der Waals surface area contributed by atoms with Gasteiger partial charge in [0.1, 0.15) is 0 Å². The number of benzene rings is 2. The van der Waals surface area contributed by atoms with Gasteiger partial charge in [-0.25, -0.2) is 0 Å². The molecule has 2 aromatic carbocycles. The molecule has 2 heteroatoms. The molecule has 0 radical (unpaired) electrons. The van der Waals surface area contributed by atoms with Crippen molar-refractivity contribution in [3.63, 3.8) is 0 Å². The first-order valence-corrected chi connectivity index (χ1v) is 20.4. The van der Waals surface area contributed by atoms with Crippen molar-refractivity contribution in [2.24, 2.45) is 17.8 Å². The van der Waals surface area contributed by atoms with E-state index in [1.807, 2.05) is 0 Å². The molecule has 5 atom stereocenters. The van der Waals surface area contributed by atoms with Crippen LogP contribution in [0.5, 0.6) is 0 Å². The molecular weight excluding hydrogens is 457 g/mol. The van der Waals surface area contributed by atoms with E-state index in [1.54, 1.807) is 0 Å². The molecule has 2 aromatic rings. The van der Waals surface area contributed by atoms with Crippen molar-refractivity contribution >= 4 is 18.4 Å². The summed E-state index contributed by atoms with van der Waals surface area (Å²) in [5, 5.41) is 10.4. The molecular formula is C27H37NSn. The minimum absolute atomic E-state index is 0.0468. The van der Waals surface area contributed by atoms with E-state index in [4.69, 9.17) is 0 Å². The van der Waals surface area contributed by atoms with Crippen molar-refractivity contribution in [1.29, 1.82) is 5.26 Å². The Balaban J connectivity index is 2.10. The van der Waals surface area contributed by atoms with Crippen LogP contribution in [0, 0.1) is 29.1 Å². The van der Waals surface area contributed by atoms with Crippen LogP contribution in [0.25, 0.3) is 0 Å². The van der Waals surface area contributed by atoms with Crippen molar-refractivity contribution in [1.82, 2.24) is 0 Å². The molecule has 0 bridgehead atoms. The standard InChI is InChI=1S/C15H12N.C10H19.2CH3.Sn/c16-12-15(14-9-5-2-6-10-14)11-13-7-3-1-4-8-13;1-8(2)10-6-4-9(3)5-7-10;;;/h1-11,15H;6,8-10H,4-5,7H2,1-3H3;2*1H3;/t15-;9-,10-;;;/m00.../s1.